The number of sulfonamides is 1. The second-order valence-electron chi connectivity index (χ2n) is 4.35. The van der Waals surface area contributed by atoms with Crippen molar-refractivity contribution >= 4 is 16.0 Å². The summed E-state index contributed by atoms with van der Waals surface area (Å²) in [5, 5.41) is 8.68. The third kappa shape index (κ3) is 9.79. The monoisotopic (exact) mass is 298 g/mol. The Morgan fingerprint density at radius 1 is 1.42 bits per heavy atom. The molecule has 8 nitrogen and oxygen atoms in total. The van der Waals surface area contributed by atoms with Gasteiger partial charge in [-0.15, -0.1) is 0 Å². The summed E-state index contributed by atoms with van der Waals surface area (Å²) in [5.41, 5.74) is 5.27. The maximum Gasteiger partial charge on any atom is 0.325 e. The fraction of sp³-hybridized carbons (Fsp3) is 0.900. The van der Waals surface area contributed by atoms with Crippen molar-refractivity contribution in [3.63, 3.8) is 0 Å². The van der Waals surface area contributed by atoms with E-state index in [1.54, 1.807) is 13.8 Å². The number of hydrogen-bond acceptors (Lipinski definition) is 7. The van der Waals surface area contributed by atoms with E-state index in [0.29, 0.717) is 0 Å². The zero-order valence-electron chi connectivity index (χ0n) is 11.3. The summed E-state index contributed by atoms with van der Waals surface area (Å²) in [5.74, 6) is -0.765. The smallest absolute Gasteiger partial charge is 0.325 e. The number of esters is 1. The lowest BCUT2D eigenvalue weighted by molar-refractivity contribution is -0.151. The van der Waals surface area contributed by atoms with Gasteiger partial charge in [-0.3, -0.25) is 4.79 Å². The van der Waals surface area contributed by atoms with Gasteiger partial charge >= 0.3 is 5.97 Å². The maximum absolute atomic E-state index is 11.3. The standard InChI is InChI=1S/C10H22N2O6S/c1-7(2)18-8(4-12-19(3,15)16)6-17-10(14)9(11)5-13/h7-9,12-13H,4-6,11H2,1-3H3/t8-,9-/m0/s1. The molecule has 114 valence electrons. The number of ether oxygens (including phenoxy) is 2. The van der Waals surface area contributed by atoms with Gasteiger partial charge in [0.15, 0.2) is 0 Å². The van der Waals surface area contributed by atoms with E-state index in [1.165, 1.54) is 0 Å². The van der Waals surface area contributed by atoms with Crippen LogP contribution in [-0.4, -0.2) is 63.8 Å². The van der Waals surface area contributed by atoms with E-state index in [1.807, 2.05) is 0 Å². The average molecular weight is 298 g/mol. The summed E-state index contributed by atoms with van der Waals surface area (Å²) in [6.45, 7) is 2.87. The molecule has 0 fully saturated rings. The van der Waals surface area contributed by atoms with Crippen LogP contribution in [0.1, 0.15) is 13.8 Å². The second-order valence-corrected chi connectivity index (χ2v) is 6.18. The highest BCUT2D eigenvalue weighted by atomic mass is 32.2. The highest BCUT2D eigenvalue weighted by Crippen LogP contribution is 2.00. The minimum absolute atomic E-state index is 0.0152. The predicted molar refractivity (Wildman–Crippen MR) is 68.9 cm³/mol. The Bertz CT molecular complexity index is 370. The fourth-order valence-corrected chi connectivity index (χ4v) is 1.62. The maximum atomic E-state index is 11.3. The van der Waals surface area contributed by atoms with Crippen LogP contribution in [0.2, 0.25) is 0 Å². The number of carbonyl (C=O) groups excluding carboxylic acids is 1. The van der Waals surface area contributed by atoms with Crippen LogP contribution in [0, 0.1) is 0 Å². The molecule has 0 aromatic heterocycles. The van der Waals surface area contributed by atoms with Gasteiger partial charge in [-0.1, -0.05) is 0 Å². The summed E-state index contributed by atoms with van der Waals surface area (Å²) in [6, 6.07) is -1.11. The van der Waals surface area contributed by atoms with Crippen molar-refractivity contribution in [2.45, 2.75) is 32.1 Å². The number of nitrogens with one attached hydrogen (secondary N) is 1. The van der Waals surface area contributed by atoms with E-state index in [9.17, 15) is 13.2 Å². The van der Waals surface area contributed by atoms with E-state index in [0.717, 1.165) is 6.26 Å². The minimum Gasteiger partial charge on any atom is -0.462 e. The van der Waals surface area contributed by atoms with Gasteiger partial charge < -0.3 is 20.3 Å². The van der Waals surface area contributed by atoms with Crippen molar-refractivity contribution < 1.29 is 27.8 Å². The zero-order valence-corrected chi connectivity index (χ0v) is 12.1. The van der Waals surface area contributed by atoms with Crippen molar-refractivity contribution in [2.75, 3.05) is 26.0 Å². The largest absolute Gasteiger partial charge is 0.462 e. The molecule has 0 saturated carbocycles. The first kappa shape index (κ1) is 18.3. The summed E-state index contributed by atoms with van der Waals surface area (Å²) >= 11 is 0. The number of hydrogen-bond donors (Lipinski definition) is 3. The highest BCUT2D eigenvalue weighted by molar-refractivity contribution is 7.88. The molecule has 0 unspecified atom stereocenters. The molecule has 0 radical (unpaired) electrons. The first-order chi connectivity index (χ1) is 8.65. The summed E-state index contributed by atoms with van der Waals surface area (Å²) in [6.07, 6.45) is 0.244. The number of aliphatic hydroxyl groups is 1. The Kier molecular flexibility index (Phi) is 8.11. The molecule has 0 bridgehead atoms. The third-order valence-corrected chi connectivity index (χ3v) is 2.64. The van der Waals surface area contributed by atoms with E-state index in [2.05, 4.69) is 4.72 Å². The van der Waals surface area contributed by atoms with Crippen molar-refractivity contribution in [3.8, 4) is 0 Å². The van der Waals surface area contributed by atoms with Gasteiger partial charge in [-0.05, 0) is 13.8 Å². The van der Waals surface area contributed by atoms with Crippen LogP contribution in [0.3, 0.4) is 0 Å². The average Bonchev–Trinajstić information content (AvgIpc) is 2.29. The van der Waals surface area contributed by atoms with Gasteiger partial charge in [0.05, 0.1) is 19.0 Å². The van der Waals surface area contributed by atoms with Crippen LogP contribution in [0.4, 0.5) is 0 Å². The molecule has 0 saturated heterocycles. The van der Waals surface area contributed by atoms with Gasteiger partial charge in [0, 0.05) is 6.54 Å². The molecule has 0 rings (SSSR count). The number of rotatable bonds is 9. The molecule has 19 heavy (non-hydrogen) atoms. The third-order valence-electron chi connectivity index (χ3n) is 1.95. The minimum atomic E-state index is -3.35. The van der Waals surface area contributed by atoms with Crippen LogP contribution in [0.5, 0.6) is 0 Å². The molecule has 0 aliphatic rings. The SMILES string of the molecule is CC(C)O[C@@H](CNS(C)(=O)=O)COC(=O)[C@@H](N)CO. The molecule has 2 atom stereocenters. The summed E-state index contributed by atoms with van der Waals surface area (Å²) in [7, 11) is -3.35. The Labute approximate surface area is 113 Å². The van der Waals surface area contributed by atoms with E-state index in [-0.39, 0.29) is 19.3 Å². The van der Waals surface area contributed by atoms with Gasteiger partial charge in [0.2, 0.25) is 10.0 Å². The fourth-order valence-electron chi connectivity index (χ4n) is 1.13. The Balaban J connectivity index is 4.31. The molecule has 0 spiro atoms. The molecule has 0 amide bonds. The molecule has 9 heteroatoms. The molecule has 0 aliphatic heterocycles. The van der Waals surface area contributed by atoms with Crippen LogP contribution < -0.4 is 10.5 Å². The number of aliphatic hydroxyl groups excluding tert-OH is 1. The lowest BCUT2D eigenvalue weighted by atomic mass is 10.3. The highest BCUT2D eigenvalue weighted by Gasteiger charge is 2.19. The molecule has 0 aromatic carbocycles. The molecule has 0 heterocycles. The van der Waals surface area contributed by atoms with E-state index in [4.69, 9.17) is 20.3 Å². The first-order valence-corrected chi connectivity index (χ1v) is 7.68. The quantitative estimate of drug-likeness (QED) is 0.428. The van der Waals surface area contributed by atoms with E-state index < -0.39 is 34.7 Å². The van der Waals surface area contributed by atoms with Crippen molar-refractivity contribution in [3.05, 3.63) is 0 Å². The number of carbonyl (C=O) groups is 1. The van der Waals surface area contributed by atoms with Crippen molar-refractivity contribution in [1.82, 2.24) is 4.72 Å². The van der Waals surface area contributed by atoms with Gasteiger partial charge in [-0.2, -0.15) is 0 Å². The normalized spacial score (nSPS) is 15.3. The lowest BCUT2D eigenvalue weighted by Crippen LogP contribution is -2.41. The molecular weight excluding hydrogens is 276 g/mol. The Morgan fingerprint density at radius 2 is 2.00 bits per heavy atom. The molecule has 4 N–H and O–H groups in total. The lowest BCUT2D eigenvalue weighted by Gasteiger charge is -2.21. The van der Waals surface area contributed by atoms with Crippen LogP contribution in [-0.2, 0) is 24.3 Å². The molecular formula is C10H22N2O6S. The van der Waals surface area contributed by atoms with Gasteiger partial charge in [-0.25, -0.2) is 13.1 Å². The number of nitrogens with two attached hydrogens (primary N) is 1. The van der Waals surface area contributed by atoms with Gasteiger partial charge in [0.25, 0.3) is 0 Å². The van der Waals surface area contributed by atoms with Crippen LogP contribution in [0.15, 0.2) is 0 Å². The summed E-state index contributed by atoms with van der Waals surface area (Å²) in [4.78, 5) is 11.3. The zero-order chi connectivity index (χ0) is 15.1. The van der Waals surface area contributed by atoms with Crippen LogP contribution in [0.25, 0.3) is 0 Å². The summed E-state index contributed by atoms with van der Waals surface area (Å²) < 4.78 is 34.5. The van der Waals surface area contributed by atoms with Crippen LogP contribution >= 0.6 is 0 Å². The van der Waals surface area contributed by atoms with Crippen molar-refractivity contribution in [2.24, 2.45) is 5.73 Å². The molecule has 0 aliphatic carbocycles. The Hall–Kier alpha value is -0.740. The predicted octanol–water partition coefficient (Wildman–Crippen LogP) is -1.81. The topological polar surface area (TPSA) is 128 Å². The second kappa shape index (κ2) is 8.43. The van der Waals surface area contributed by atoms with E-state index >= 15 is 0 Å². The van der Waals surface area contributed by atoms with Gasteiger partial charge in [0.1, 0.15) is 18.8 Å². The van der Waals surface area contributed by atoms with Crippen molar-refractivity contribution in [1.29, 1.82) is 0 Å². The first-order valence-electron chi connectivity index (χ1n) is 5.79. The molecule has 0 aromatic rings. The Morgan fingerprint density at radius 3 is 2.42 bits per heavy atom.